The zero-order chi connectivity index (χ0) is 25.1. The van der Waals surface area contributed by atoms with Gasteiger partial charge in [0.2, 0.25) is 0 Å². The lowest BCUT2D eigenvalue weighted by molar-refractivity contribution is -0.202. The van der Waals surface area contributed by atoms with Crippen molar-refractivity contribution in [1.82, 2.24) is 4.98 Å². The number of alkyl halides is 6. The molecule has 7 nitrogen and oxygen atoms in total. The number of nitrogens with zero attached hydrogens (tertiary/aromatic N) is 1. The van der Waals surface area contributed by atoms with Crippen LogP contribution in [0.25, 0.3) is 0 Å². The minimum Gasteiger partial charge on any atom is -0.492 e. The van der Waals surface area contributed by atoms with E-state index in [1.54, 1.807) is 6.07 Å². The van der Waals surface area contributed by atoms with Crippen molar-refractivity contribution in [1.29, 1.82) is 0 Å². The zero-order valence-corrected chi connectivity index (χ0v) is 17.5. The standard InChI is InChI=1S/C21H17F6NO6/c1-11-15(28-5-4-16(11)33-10-20(22,23)24)9-31-13-2-3-14-12(8-32-17(14)7-13)6-18(29)34-19(30)21(25,26)27/h2-5,7,12H,6,8-10H2,1H3. The molecule has 0 fully saturated rings. The van der Waals surface area contributed by atoms with Crippen molar-refractivity contribution in [2.75, 3.05) is 13.2 Å². The summed E-state index contributed by atoms with van der Waals surface area (Å²) in [6.45, 7) is -0.0215. The van der Waals surface area contributed by atoms with Gasteiger partial charge in [0.1, 0.15) is 23.9 Å². The molecule has 1 unspecified atom stereocenters. The topological polar surface area (TPSA) is 83.9 Å². The Morgan fingerprint density at radius 2 is 1.85 bits per heavy atom. The number of fused-ring (bicyclic) bond motifs is 1. The van der Waals surface area contributed by atoms with Gasteiger partial charge >= 0.3 is 24.3 Å². The third kappa shape index (κ3) is 6.51. The fraction of sp³-hybridized carbons (Fsp3) is 0.381. The third-order valence-electron chi connectivity index (χ3n) is 4.74. The molecule has 2 heterocycles. The van der Waals surface area contributed by atoms with Gasteiger partial charge < -0.3 is 18.9 Å². The van der Waals surface area contributed by atoms with Crippen molar-refractivity contribution < 1.29 is 54.9 Å². The van der Waals surface area contributed by atoms with Crippen LogP contribution in [0.2, 0.25) is 0 Å². The first-order valence-corrected chi connectivity index (χ1v) is 9.69. The largest absolute Gasteiger partial charge is 0.492 e. The molecule has 0 amide bonds. The summed E-state index contributed by atoms with van der Waals surface area (Å²) in [5.41, 5.74) is 1.23. The number of ether oxygens (including phenoxy) is 4. The molecule has 0 saturated heterocycles. The van der Waals surface area contributed by atoms with Gasteiger partial charge in [0, 0.05) is 29.3 Å². The van der Waals surface area contributed by atoms with Crippen molar-refractivity contribution in [3.05, 3.63) is 47.3 Å². The Kier molecular flexibility index (Phi) is 7.22. The Labute approximate surface area is 188 Å². The molecule has 1 aromatic heterocycles. The van der Waals surface area contributed by atoms with E-state index >= 15 is 0 Å². The summed E-state index contributed by atoms with van der Waals surface area (Å²) < 4.78 is 93.5. The molecule has 1 atom stereocenters. The van der Waals surface area contributed by atoms with E-state index in [9.17, 15) is 35.9 Å². The van der Waals surface area contributed by atoms with E-state index < -0.39 is 43.2 Å². The van der Waals surface area contributed by atoms with Crippen LogP contribution in [-0.4, -0.2) is 42.5 Å². The van der Waals surface area contributed by atoms with Gasteiger partial charge in [-0.25, -0.2) is 4.79 Å². The highest BCUT2D eigenvalue weighted by atomic mass is 19.4. The molecule has 13 heteroatoms. The number of pyridine rings is 1. The highest BCUT2D eigenvalue weighted by molar-refractivity contribution is 5.88. The van der Waals surface area contributed by atoms with Crippen molar-refractivity contribution in [3.63, 3.8) is 0 Å². The second-order valence-corrected chi connectivity index (χ2v) is 7.24. The fourth-order valence-corrected chi connectivity index (χ4v) is 3.09. The van der Waals surface area contributed by atoms with Crippen LogP contribution in [0.4, 0.5) is 26.3 Å². The van der Waals surface area contributed by atoms with E-state index in [1.807, 2.05) is 0 Å². The van der Waals surface area contributed by atoms with Crippen molar-refractivity contribution in [2.45, 2.75) is 38.2 Å². The van der Waals surface area contributed by atoms with Gasteiger partial charge in [-0.2, -0.15) is 26.3 Å². The monoisotopic (exact) mass is 493 g/mol. The summed E-state index contributed by atoms with van der Waals surface area (Å²) in [6.07, 6.45) is -8.97. The molecule has 184 valence electrons. The van der Waals surface area contributed by atoms with Crippen LogP contribution in [-0.2, 0) is 20.9 Å². The minimum atomic E-state index is -5.27. The lowest BCUT2D eigenvalue weighted by Gasteiger charge is -2.14. The number of carbonyl (C=O) groups excluding carboxylic acids is 2. The fourth-order valence-electron chi connectivity index (χ4n) is 3.09. The SMILES string of the molecule is Cc1c(OCC(F)(F)F)ccnc1COc1ccc2c(c1)OCC2CC(=O)OC(=O)C(F)(F)F. The van der Waals surface area contributed by atoms with E-state index in [4.69, 9.17) is 14.2 Å². The first-order valence-electron chi connectivity index (χ1n) is 9.69. The molecule has 2 aromatic rings. The molecule has 1 aliphatic rings. The Morgan fingerprint density at radius 1 is 1.12 bits per heavy atom. The molecular formula is C21H17F6NO6. The van der Waals surface area contributed by atoms with Crippen LogP contribution in [0.3, 0.4) is 0 Å². The number of esters is 2. The minimum absolute atomic E-state index is 0.0157. The summed E-state index contributed by atoms with van der Waals surface area (Å²) in [4.78, 5) is 26.5. The van der Waals surface area contributed by atoms with E-state index in [1.165, 1.54) is 31.3 Å². The van der Waals surface area contributed by atoms with Gasteiger partial charge in [0.05, 0.1) is 18.7 Å². The molecule has 0 bridgehead atoms. The van der Waals surface area contributed by atoms with Crippen LogP contribution in [0.5, 0.6) is 17.2 Å². The van der Waals surface area contributed by atoms with Gasteiger partial charge in [0.25, 0.3) is 0 Å². The lowest BCUT2D eigenvalue weighted by atomic mass is 9.98. The van der Waals surface area contributed by atoms with E-state index in [-0.39, 0.29) is 19.0 Å². The number of halogens is 6. The van der Waals surface area contributed by atoms with Gasteiger partial charge in [-0.05, 0) is 19.1 Å². The van der Waals surface area contributed by atoms with E-state index in [2.05, 4.69) is 9.72 Å². The maximum absolute atomic E-state index is 12.4. The first-order chi connectivity index (χ1) is 15.8. The Hall–Kier alpha value is -3.51. The number of hydrogen-bond donors (Lipinski definition) is 0. The highest BCUT2D eigenvalue weighted by Gasteiger charge is 2.43. The zero-order valence-electron chi connectivity index (χ0n) is 17.5. The lowest BCUT2D eigenvalue weighted by Crippen LogP contribution is -2.28. The van der Waals surface area contributed by atoms with E-state index in [0.717, 1.165) is 0 Å². The first kappa shape index (κ1) is 25.1. The highest BCUT2D eigenvalue weighted by Crippen LogP contribution is 2.39. The van der Waals surface area contributed by atoms with Gasteiger partial charge in [-0.1, -0.05) is 6.07 Å². The van der Waals surface area contributed by atoms with Crippen LogP contribution in [0.15, 0.2) is 30.5 Å². The number of aromatic nitrogens is 1. The Morgan fingerprint density at radius 3 is 2.53 bits per heavy atom. The molecule has 0 aliphatic carbocycles. The summed E-state index contributed by atoms with van der Waals surface area (Å²) in [7, 11) is 0. The molecule has 0 radical (unpaired) electrons. The van der Waals surface area contributed by atoms with Crippen LogP contribution in [0, 0.1) is 6.92 Å². The predicted octanol–water partition coefficient (Wildman–Crippen LogP) is 4.41. The summed E-state index contributed by atoms with van der Waals surface area (Å²) in [6, 6.07) is 5.86. The average Bonchev–Trinajstić information content (AvgIpc) is 3.12. The maximum atomic E-state index is 12.4. The Balaban J connectivity index is 1.60. The summed E-state index contributed by atoms with van der Waals surface area (Å²) in [5, 5.41) is 0. The molecule has 34 heavy (non-hydrogen) atoms. The molecule has 3 rings (SSSR count). The molecule has 0 N–H and O–H groups in total. The van der Waals surface area contributed by atoms with Crippen LogP contribution < -0.4 is 14.2 Å². The summed E-state index contributed by atoms with van der Waals surface area (Å²) >= 11 is 0. The Bertz CT molecular complexity index is 1070. The third-order valence-corrected chi connectivity index (χ3v) is 4.74. The molecular weight excluding hydrogens is 476 g/mol. The predicted molar refractivity (Wildman–Crippen MR) is 101 cm³/mol. The molecule has 1 aliphatic heterocycles. The quantitative estimate of drug-likeness (QED) is 0.321. The maximum Gasteiger partial charge on any atom is 0.491 e. The normalized spacial score (nSPS) is 15.3. The van der Waals surface area contributed by atoms with Crippen molar-refractivity contribution in [2.24, 2.45) is 0 Å². The van der Waals surface area contributed by atoms with Gasteiger partial charge in [-0.3, -0.25) is 9.78 Å². The second-order valence-electron chi connectivity index (χ2n) is 7.24. The van der Waals surface area contributed by atoms with Gasteiger partial charge in [-0.15, -0.1) is 0 Å². The second kappa shape index (κ2) is 9.77. The smallest absolute Gasteiger partial charge is 0.491 e. The molecule has 0 spiro atoms. The van der Waals surface area contributed by atoms with Gasteiger partial charge in [0.15, 0.2) is 6.61 Å². The van der Waals surface area contributed by atoms with Crippen LogP contribution in [0.1, 0.15) is 29.2 Å². The molecule has 0 saturated carbocycles. The summed E-state index contributed by atoms with van der Waals surface area (Å²) in [5.74, 6) is -3.89. The number of hydrogen-bond acceptors (Lipinski definition) is 7. The average molecular weight is 493 g/mol. The number of rotatable bonds is 7. The van der Waals surface area contributed by atoms with Crippen molar-refractivity contribution in [3.8, 4) is 17.2 Å². The van der Waals surface area contributed by atoms with Crippen LogP contribution >= 0.6 is 0 Å². The van der Waals surface area contributed by atoms with E-state index in [0.29, 0.717) is 28.3 Å². The van der Waals surface area contributed by atoms with Crippen molar-refractivity contribution >= 4 is 11.9 Å². The number of benzene rings is 1. The molecule has 1 aromatic carbocycles. The number of carbonyl (C=O) groups is 2.